The van der Waals surface area contributed by atoms with Crippen molar-refractivity contribution in [2.45, 2.75) is 45.7 Å². The average molecular weight is 249 g/mol. The molecule has 0 aliphatic heterocycles. The molecule has 102 valence electrons. The average Bonchev–Trinajstić information content (AvgIpc) is 2.29. The van der Waals surface area contributed by atoms with E-state index in [1.165, 1.54) is 18.4 Å². The van der Waals surface area contributed by atoms with Crippen LogP contribution in [0.5, 0.6) is 0 Å². The minimum absolute atomic E-state index is 0.340. The fraction of sp³-hybridized carbons (Fsp3) is 0.667. The SMILES string of the molecule is CC(N)CCCC(C)CN(C)Cc1ccncc1. The van der Waals surface area contributed by atoms with Crippen LogP contribution in [-0.4, -0.2) is 29.5 Å². The Bertz CT molecular complexity index is 311. The monoisotopic (exact) mass is 249 g/mol. The maximum atomic E-state index is 5.77. The zero-order valence-electron chi connectivity index (χ0n) is 12.0. The summed E-state index contributed by atoms with van der Waals surface area (Å²) >= 11 is 0. The van der Waals surface area contributed by atoms with Crippen LogP contribution in [0.4, 0.5) is 0 Å². The van der Waals surface area contributed by atoms with Crippen molar-refractivity contribution in [3.8, 4) is 0 Å². The number of aromatic nitrogens is 1. The molecule has 18 heavy (non-hydrogen) atoms. The molecule has 2 N–H and O–H groups in total. The van der Waals surface area contributed by atoms with E-state index in [1.807, 2.05) is 12.4 Å². The summed E-state index contributed by atoms with van der Waals surface area (Å²) in [7, 11) is 2.18. The van der Waals surface area contributed by atoms with Crippen LogP contribution in [-0.2, 0) is 6.54 Å². The molecule has 0 aliphatic carbocycles. The lowest BCUT2D eigenvalue weighted by Crippen LogP contribution is -2.24. The number of hydrogen-bond acceptors (Lipinski definition) is 3. The molecule has 0 saturated heterocycles. The molecule has 2 unspecified atom stereocenters. The van der Waals surface area contributed by atoms with Crippen LogP contribution in [0.3, 0.4) is 0 Å². The van der Waals surface area contributed by atoms with E-state index in [0.717, 1.165) is 25.4 Å². The van der Waals surface area contributed by atoms with Crippen molar-refractivity contribution in [2.75, 3.05) is 13.6 Å². The first-order valence-electron chi connectivity index (χ1n) is 6.91. The van der Waals surface area contributed by atoms with Gasteiger partial charge in [0.15, 0.2) is 0 Å². The predicted molar refractivity (Wildman–Crippen MR) is 77.2 cm³/mol. The van der Waals surface area contributed by atoms with Crippen molar-refractivity contribution >= 4 is 0 Å². The van der Waals surface area contributed by atoms with Crippen LogP contribution < -0.4 is 5.73 Å². The molecule has 0 radical (unpaired) electrons. The predicted octanol–water partition coefficient (Wildman–Crippen LogP) is 2.67. The molecule has 1 aromatic rings. The van der Waals surface area contributed by atoms with Crippen molar-refractivity contribution in [3.63, 3.8) is 0 Å². The summed E-state index contributed by atoms with van der Waals surface area (Å²) in [5, 5.41) is 0. The Balaban J connectivity index is 2.21. The zero-order valence-corrected chi connectivity index (χ0v) is 12.0. The molecule has 2 atom stereocenters. The van der Waals surface area contributed by atoms with Gasteiger partial charge in [-0.3, -0.25) is 4.98 Å². The lowest BCUT2D eigenvalue weighted by Gasteiger charge is -2.21. The molecule has 0 aromatic carbocycles. The third kappa shape index (κ3) is 6.72. The second-order valence-electron chi connectivity index (χ2n) is 5.57. The number of nitrogens with two attached hydrogens (primary N) is 1. The van der Waals surface area contributed by atoms with E-state index in [-0.39, 0.29) is 0 Å². The molecule has 1 aromatic heterocycles. The molecule has 1 heterocycles. The molecule has 3 heteroatoms. The van der Waals surface area contributed by atoms with E-state index >= 15 is 0 Å². The largest absolute Gasteiger partial charge is 0.328 e. The lowest BCUT2D eigenvalue weighted by atomic mass is 10.0. The van der Waals surface area contributed by atoms with E-state index in [2.05, 4.69) is 42.9 Å². The van der Waals surface area contributed by atoms with Gasteiger partial charge in [-0.1, -0.05) is 13.3 Å². The van der Waals surface area contributed by atoms with Crippen LogP contribution >= 0.6 is 0 Å². The van der Waals surface area contributed by atoms with Gasteiger partial charge >= 0.3 is 0 Å². The Labute approximate surface area is 111 Å². The van der Waals surface area contributed by atoms with Crippen molar-refractivity contribution in [1.29, 1.82) is 0 Å². The minimum atomic E-state index is 0.340. The Morgan fingerprint density at radius 3 is 2.50 bits per heavy atom. The second kappa shape index (κ2) is 8.22. The first-order chi connectivity index (χ1) is 8.58. The number of nitrogens with zero attached hydrogens (tertiary/aromatic N) is 2. The Kier molecular flexibility index (Phi) is 6.91. The molecule has 1 rings (SSSR count). The van der Waals surface area contributed by atoms with E-state index in [1.54, 1.807) is 0 Å². The van der Waals surface area contributed by atoms with Gasteiger partial charge in [-0.15, -0.1) is 0 Å². The minimum Gasteiger partial charge on any atom is -0.328 e. The molecular formula is C15H27N3. The van der Waals surface area contributed by atoms with E-state index in [0.29, 0.717) is 6.04 Å². The molecule has 0 fully saturated rings. The summed E-state index contributed by atoms with van der Waals surface area (Å²) in [6.45, 7) is 6.55. The van der Waals surface area contributed by atoms with Crippen molar-refractivity contribution in [1.82, 2.24) is 9.88 Å². The highest BCUT2D eigenvalue weighted by Crippen LogP contribution is 2.11. The molecule has 3 nitrogen and oxygen atoms in total. The highest BCUT2D eigenvalue weighted by molar-refractivity contribution is 5.09. The fourth-order valence-electron chi connectivity index (χ4n) is 2.28. The van der Waals surface area contributed by atoms with E-state index in [9.17, 15) is 0 Å². The van der Waals surface area contributed by atoms with Crippen LogP contribution in [0, 0.1) is 5.92 Å². The standard InChI is InChI=1S/C15H27N3/c1-13(5-4-6-14(2)16)11-18(3)12-15-7-9-17-10-8-15/h7-10,13-14H,4-6,11-12,16H2,1-3H3. The Hall–Kier alpha value is -0.930. The van der Waals surface area contributed by atoms with Gasteiger partial charge in [0, 0.05) is 31.5 Å². The number of pyridine rings is 1. The topological polar surface area (TPSA) is 42.1 Å². The summed E-state index contributed by atoms with van der Waals surface area (Å²) in [6.07, 6.45) is 7.35. The van der Waals surface area contributed by atoms with Crippen molar-refractivity contribution in [3.05, 3.63) is 30.1 Å². The molecule has 0 saturated carbocycles. The van der Waals surface area contributed by atoms with Crippen LogP contribution in [0.2, 0.25) is 0 Å². The van der Waals surface area contributed by atoms with Crippen molar-refractivity contribution < 1.29 is 0 Å². The van der Waals surface area contributed by atoms with Crippen LogP contribution in [0.15, 0.2) is 24.5 Å². The zero-order chi connectivity index (χ0) is 13.4. The summed E-state index contributed by atoms with van der Waals surface area (Å²) in [5.41, 5.74) is 7.09. The number of rotatable bonds is 8. The molecule has 0 spiro atoms. The van der Waals surface area contributed by atoms with Gasteiger partial charge < -0.3 is 10.6 Å². The first-order valence-corrected chi connectivity index (χ1v) is 6.91. The Morgan fingerprint density at radius 2 is 1.89 bits per heavy atom. The van der Waals surface area contributed by atoms with Gasteiger partial charge in [-0.25, -0.2) is 0 Å². The highest BCUT2D eigenvalue weighted by atomic mass is 15.1. The summed E-state index contributed by atoms with van der Waals surface area (Å²) < 4.78 is 0. The molecule has 0 aliphatic rings. The second-order valence-corrected chi connectivity index (χ2v) is 5.57. The maximum absolute atomic E-state index is 5.77. The van der Waals surface area contributed by atoms with Crippen molar-refractivity contribution in [2.24, 2.45) is 11.7 Å². The quantitative estimate of drug-likeness (QED) is 0.770. The van der Waals surface area contributed by atoms with Gasteiger partial charge in [0.2, 0.25) is 0 Å². The number of hydrogen-bond donors (Lipinski definition) is 1. The lowest BCUT2D eigenvalue weighted by molar-refractivity contribution is 0.267. The third-order valence-corrected chi connectivity index (χ3v) is 3.18. The highest BCUT2D eigenvalue weighted by Gasteiger charge is 2.07. The van der Waals surface area contributed by atoms with Gasteiger partial charge in [0.05, 0.1) is 0 Å². The molecule has 0 amide bonds. The summed E-state index contributed by atoms with van der Waals surface area (Å²) in [5.74, 6) is 0.732. The smallest absolute Gasteiger partial charge is 0.0271 e. The molecule has 0 bridgehead atoms. The maximum Gasteiger partial charge on any atom is 0.0271 e. The van der Waals surface area contributed by atoms with Crippen LogP contribution in [0.25, 0.3) is 0 Å². The van der Waals surface area contributed by atoms with Gasteiger partial charge in [-0.2, -0.15) is 0 Å². The van der Waals surface area contributed by atoms with Gasteiger partial charge in [-0.05, 0) is 50.4 Å². The van der Waals surface area contributed by atoms with Crippen LogP contribution in [0.1, 0.15) is 38.7 Å². The molecular weight excluding hydrogens is 222 g/mol. The van der Waals surface area contributed by atoms with Gasteiger partial charge in [0.25, 0.3) is 0 Å². The Morgan fingerprint density at radius 1 is 1.22 bits per heavy atom. The normalized spacial score (nSPS) is 14.7. The third-order valence-electron chi connectivity index (χ3n) is 3.18. The summed E-state index contributed by atoms with van der Waals surface area (Å²) in [4.78, 5) is 6.42. The fourth-order valence-corrected chi connectivity index (χ4v) is 2.28. The summed E-state index contributed by atoms with van der Waals surface area (Å²) in [6, 6.07) is 4.50. The van der Waals surface area contributed by atoms with E-state index in [4.69, 9.17) is 5.73 Å². The van der Waals surface area contributed by atoms with Gasteiger partial charge in [0.1, 0.15) is 0 Å². The first kappa shape index (κ1) is 15.1. The van der Waals surface area contributed by atoms with E-state index < -0.39 is 0 Å².